The number of piperidine rings is 1. The maximum atomic E-state index is 13.4. The number of amides is 1. The van der Waals surface area contributed by atoms with Crippen molar-refractivity contribution in [1.29, 1.82) is 0 Å². The summed E-state index contributed by atoms with van der Waals surface area (Å²) >= 11 is 0. The van der Waals surface area contributed by atoms with Crippen LogP contribution in [0.3, 0.4) is 0 Å². The number of hydrogen-bond donors (Lipinski definition) is 1. The van der Waals surface area contributed by atoms with Crippen molar-refractivity contribution in [3.63, 3.8) is 0 Å². The first-order valence-corrected chi connectivity index (χ1v) is 13.1. The Balaban J connectivity index is 1.44. The van der Waals surface area contributed by atoms with Crippen LogP contribution in [-0.2, 0) is 14.8 Å². The highest BCUT2D eigenvalue weighted by Gasteiger charge is 2.34. The Labute approximate surface area is 211 Å². The second kappa shape index (κ2) is 11.4. The van der Waals surface area contributed by atoms with Gasteiger partial charge in [0.1, 0.15) is 0 Å². The van der Waals surface area contributed by atoms with Crippen LogP contribution in [0.1, 0.15) is 36.4 Å². The molecule has 1 aliphatic rings. The van der Waals surface area contributed by atoms with Crippen LogP contribution >= 0.6 is 0 Å². The van der Waals surface area contributed by atoms with Crippen molar-refractivity contribution in [2.75, 3.05) is 26.1 Å². The molecule has 2 heterocycles. The minimum absolute atomic E-state index is 0.192. The van der Waals surface area contributed by atoms with E-state index in [1.807, 2.05) is 18.2 Å². The number of nitrogens with zero attached hydrogens (tertiary/aromatic N) is 2. The molecule has 1 saturated heterocycles. The van der Waals surface area contributed by atoms with Crippen molar-refractivity contribution in [3.05, 3.63) is 84.2 Å². The lowest BCUT2D eigenvalue weighted by atomic mass is 9.99. The average Bonchev–Trinajstić information content (AvgIpc) is 2.92. The Kier molecular flexibility index (Phi) is 8.02. The monoisotopic (exact) mass is 507 g/mol. The Bertz CT molecular complexity index is 1330. The van der Waals surface area contributed by atoms with Gasteiger partial charge >= 0.3 is 0 Å². The third-order valence-electron chi connectivity index (χ3n) is 6.09. The predicted octanol–water partition coefficient (Wildman–Crippen LogP) is 4.67. The summed E-state index contributed by atoms with van der Waals surface area (Å²) in [6.07, 6.45) is 9.01. The molecular formula is C27H29N3O5S. The third-order valence-corrected chi connectivity index (χ3v) is 8.01. The lowest BCUT2D eigenvalue weighted by Gasteiger charge is -2.34. The average molecular weight is 508 g/mol. The van der Waals surface area contributed by atoms with Crippen molar-refractivity contribution >= 4 is 27.7 Å². The normalized spacial score (nSPS) is 16.6. The molecule has 0 saturated carbocycles. The number of carbonyl (C=O) groups is 1. The van der Waals surface area contributed by atoms with Gasteiger partial charge in [0, 0.05) is 30.7 Å². The van der Waals surface area contributed by atoms with E-state index < -0.39 is 10.0 Å². The number of hydrogen-bond acceptors (Lipinski definition) is 6. The molecule has 0 unspecified atom stereocenters. The maximum Gasteiger partial charge on any atom is 0.248 e. The van der Waals surface area contributed by atoms with Gasteiger partial charge in [-0.2, -0.15) is 4.31 Å². The van der Waals surface area contributed by atoms with Gasteiger partial charge in [-0.25, -0.2) is 8.42 Å². The lowest BCUT2D eigenvalue weighted by molar-refractivity contribution is -0.111. The first-order chi connectivity index (χ1) is 17.4. The number of pyridine rings is 1. The Morgan fingerprint density at radius 2 is 1.83 bits per heavy atom. The maximum absolute atomic E-state index is 13.4. The number of benzene rings is 2. The van der Waals surface area contributed by atoms with E-state index in [9.17, 15) is 13.2 Å². The summed E-state index contributed by atoms with van der Waals surface area (Å²) in [5, 5.41) is 2.76. The van der Waals surface area contributed by atoms with Crippen LogP contribution in [0.25, 0.3) is 6.08 Å². The summed E-state index contributed by atoms with van der Waals surface area (Å²) in [4.78, 5) is 16.8. The smallest absolute Gasteiger partial charge is 0.248 e. The molecule has 188 valence electrons. The molecule has 3 aromatic rings. The van der Waals surface area contributed by atoms with Gasteiger partial charge in [-0.05, 0) is 72.5 Å². The van der Waals surface area contributed by atoms with Gasteiger partial charge in [-0.3, -0.25) is 9.78 Å². The molecule has 0 spiro atoms. The van der Waals surface area contributed by atoms with Crippen LogP contribution in [0, 0.1) is 0 Å². The molecule has 2 aromatic carbocycles. The van der Waals surface area contributed by atoms with Gasteiger partial charge in [0.2, 0.25) is 15.9 Å². The van der Waals surface area contributed by atoms with Crippen LogP contribution in [0.2, 0.25) is 0 Å². The number of aromatic nitrogens is 1. The zero-order valence-corrected chi connectivity index (χ0v) is 21.1. The molecule has 1 fully saturated rings. The first kappa shape index (κ1) is 25.4. The SMILES string of the molecule is COc1ccc(/C=C/C(=O)Nc2ccc(S(=O)(=O)N3CCCC[C@@H]3c3cccnc3)cc2)cc1OC. The molecule has 1 aliphatic heterocycles. The van der Waals surface area contributed by atoms with Gasteiger partial charge in [-0.1, -0.05) is 18.6 Å². The van der Waals surface area contributed by atoms with Crippen LogP contribution < -0.4 is 14.8 Å². The van der Waals surface area contributed by atoms with Gasteiger partial charge in [0.25, 0.3) is 0 Å². The standard InChI is InChI=1S/C27H29N3O5S/c1-34-25-14-8-20(18-26(25)35-2)9-15-27(31)29-22-10-12-23(13-11-22)36(32,33)30-17-4-3-7-24(30)21-6-5-16-28-19-21/h5-6,8-16,18-19,24H,3-4,7,17H2,1-2H3,(H,29,31)/b15-9+/t24-/m1/s1. The van der Waals surface area contributed by atoms with E-state index in [2.05, 4.69) is 10.3 Å². The molecule has 1 N–H and O–H groups in total. The summed E-state index contributed by atoms with van der Waals surface area (Å²) in [5.74, 6) is 0.829. The quantitative estimate of drug-likeness (QED) is 0.445. The molecule has 1 aromatic heterocycles. The van der Waals surface area contributed by atoms with Crippen LogP contribution in [0.4, 0.5) is 5.69 Å². The second-order valence-electron chi connectivity index (χ2n) is 8.38. The van der Waals surface area contributed by atoms with Gasteiger partial charge < -0.3 is 14.8 Å². The van der Waals surface area contributed by atoms with E-state index in [-0.39, 0.29) is 16.8 Å². The highest BCUT2D eigenvalue weighted by atomic mass is 32.2. The van der Waals surface area contributed by atoms with Crippen LogP contribution in [0.5, 0.6) is 11.5 Å². The molecule has 1 amide bonds. The fourth-order valence-electron chi connectivity index (χ4n) is 4.26. The molecule has 0 radical (unpaired) electrons. The number of methoxy groups -OCH3 is 2. The van der Waals surface area contributed by atoms with Crippen molar-refractivity contribution in [3.8, 4) is 11.5 Å². The van der Waals surface area contributed by atoms with Crippen molar-refractivity contribution < 1.29 is 22.7 Å². The topological polar surface area (TPSA) is 97.8 Å². The van der Waals surface area contributed by atoms with E-state index in [1.54, 1.807) is 61.3 Å². The third kappa shape index (κ3) is 5.75. The van der Waals surface area contributed by atoms with E-state index in [4.69, 9.17) is 9.47 Å². The Hall–Kier alpha value is -3.69. The summed E-state index contributed by atoms with van der Waals surface area (Å²) in [5.41, 5.74) is 2.17. The summed E-state index contributed by atoms with van der Waals surface area (Å²) < 4.78 is 39.0. The molecule has 4 rings (SSSR count). The van der Waals surface area contributed by atoms with Gasteiger partial charge in [0.15, 0.2) is 11.5 Å². The molecule has 0 aliphatic carbocycles. The van der Waals surface area contributed by atoms with E-state index >= 15 is 0 Å². The number of carbonyl (C=O) groups excluding carboxylic acids is 1. The molecule has 9 heteroatoms. The molecule has 1 atom stereocenters. The minimum atomic E-state index is -3.71. The van der Waals surface area contributed by atoms with Gasteiger partial charge in [-0.15, -0.1) is 0 Å². The summed E-state index contributed by atoms with van der Waals surface area (Å²) in [6, 6.07) is 15.1. The largest absolute Gasteiger partial charge is 0.493 e. The molecule has 8 nitrogen and oxygen atoms in total. The first-order valence-electron chi connectivity index (χ1n) is 11.7. The van der Waals surface area contributed by atoms with E-state index in [1.165, 1.54) is 18.2 Å². The number of rotatable bonds is 8. The zero-order valence-electron chi connectivity index (χ0n) is 20.3. The van der Waals surface area contributed by atoms with Crippen molar-refractivity contribution in [2.24, 2.45) is 0 Å². The highest BCUT2D eigenvalue weighted by Crippen LogP contribution is 2.35. The zero-order chi connectivity index (χ0) is 25.5. The number of nitrogens with one attached hydrogen (secondary N) is 1. The van der Waals surface area contributed by atoms with Crippen molar-refractivity contribution in [2.45, 2.75) is 30.2 Å². The molecule has 36 heavy (non-hydrogen) atoms. The number of ether oxygens (including phenoxy) is 2. The fourth-order valence-corrected chi connectivity index (χ4v) is 5.94. The van der Waals surface area contributed by atoms with Gasteiger partial charge in [0.05, 0.1) is 25.2 Å². The van der Waals surface area contributed by atoms with Crippen LogP contribution in [0.15, 0.2) is 78.0 Å². The Morgan fingerprint density at radius 1 is 1.06 bits per heavy atom. The van der Waals surface area contributed by atoms with Crippen LogP contribution in [-0.4, -0.2) is 44.4 Å². The number of anilines is 1. The number of sulfonamides is 1. The minimum Gasteiger partial charge on any atom is -0.493 e. The fraction of sp³-hybridized carbons (Fsp3) is 0.259. The summed E-state index contributed by atoms with van der Waals surface area (Å²) in [6.45, 7) is 0.460. The second-order valence-corrected chi connectivity index (χ2v) is 10.3. The van der Waals surface area contributed by atoms with E-state index in [0.29, 0.717) is 23.7 Å². The Morgan fingerprint density at radius 3 is 2.53 bits per heavy atom. The summed E-state index contributed by atoms with van der Waals surface area (Å²) in [7, 11) is -0.600. The van der Waals surface area contributed by atoms with Crippen molar-refractivity contribution in [1.82, 2.24) is 9.29 Å². The molecular weight excluding hydrogens is 478 g/mol. The molecule has 0 bridgehead atoms. The van der Waals surface area contributed by atoms with E-state index in [0.717, 1.165) is 30.4 Å². The lowest BCUT2D eigenvalue weighted by Crippen LogP contribution is -2.38. The highest BCUT2D eigenvalue weighted by molar-refractivity contribution is 7.89. The predicted molar refractivity (Wildman–Crippen MR) is 138 cm³/mol.